The van der Waals surface area contributed by atoms with Crippen LogP contribution in [0, 0.1) is 6.92 Å². The van der Waals surface area contributed by atoms with Crippen LogP contribution in [0.3, 0.4) is 0 Å². The highest BCUT2D eigenvalue weighted by molar-refractivity contribution is 8.00. The van der Waals surface area contributed by atoms with Crippen molar-refractivity contribution in [2.45, 2.75) is 55.3 Å². The molecule has 3 aromatic rings. The number of hydrogen-bond acceptors (Lipinski definition) is 4. The molecule has 0 amide bonds. The number of H-pyrrole nitrogens is 1. The number of aromatic amines is 1. The molecule has 1 aliphatic carbocycles. The number of aromatic nitrogens is 1. The molecular weight excluding hydrogens is 410 g/mol. The van der Waals surface area contributed by atoms with E-state index in [0.29, 0.717) is 17.4 Å². The standard InChI is InChI=1S/C25H29NO4S/c1-4-30-18-9-10-22(20(14-18)16-5-7-17(8-6-16)25(27)28)31-24-19-11-12-26-23(19)15(2)13-21(24)29-3/h5-8,11-13,18,20,22,26H,4,9-10,14H2,1-3H3,(H,27,28)/t18-,20+,22-/m0/s1. The first-order chi connectivity index (χ1) is 15.0. The largest absolute Gasteiger partial charge is 0.496 e. The molecule has 0 aliphatic heterocycles. The Morgan fingerprint density at radius 3 is 2.68 bits per heavy atom. The van der Waals surface area contributed by atoms with Crippen LogP contribution in [0.2, 0.25) is 0 Å². The first-order valence-electron chi connectivity index (χ1n) is 10.8. The van der Waals surface area contributed by atoms with Crippen molar-refractivity contribution in [3.63, 3.8) is 0 Å². The van der Waals surface area contributed by atoms with Gasteiger partial charge in [-0.05, 0) is 74.4 Å². The van der Waals surface area contributed by atoms with E-state index in [1.165, 1.54) is 16.5 Å². The van der Waals surface area contributed by atoms with Crippen LogP contribution in [-0.2, 0) is 4.74 Å². The van der Waals surface area contributed by atoms with E-state index in [0.717, 1.165) is 35.4 Å². The summed E-state index contributed by atoms with van der Waals surface area (Å²) >= 11 is 1.88. The van der Waals surface area contributed by atoms with E-state index in [1.807, 2.05) is 37.0 Å². The second-order valence-electron chi connectivity index (χ2n) is 8.07. The summed E-state index contributed by atoms with van der Waals surface area (Å²) in [6.45, 7) is 4.84. The smallest absolute Gasteiger partial charge is 0.335 e. The molecule has 0 radical (unpaired) electrons. The van der Waals surface area contributed by atoms with Gasteiger partial charge in [-0.3, -0.25) is 0 Å². The topological polar surface area (TPSA) is 71.5 Å². The molecule has 2 N–H and O–H groups in total. The van der Waals surface area contributed by atoms with E-state index in [1.54, 1.807) is 19.2 Å². The molecule has 2 aromatic carbocycles. The fourth-order valence-corrected chi connectivity index (χ4v) is 6.18. The van der Waals surface area contributed by atoms with Crippen LogP contribution in [0.4, 0.5) is 0 Å². The highest BCUT2D eigenvalue weighted by atomic mass is 32.2. The number of nitrogens with one attached hydrogen (secondary N) is 1. The highest BCUT2D eigenvalue weighted by Gasteiger charge is 2.34. The maximum Gasteiger partial charge on any atom is 0.335 e. The molecule has 6 heteroatoms. The maximum atomic E-state index is 11.3. The average molecular weight is 440 g/mol. The Hall–Kier alpha value is -2.44. The second-order valence-corrected chi connectivity index (χ2v) is 9.32. The van der Waals surface area contributed by atoms with E-state index in [4.69, 9.17) is 9.47 Å². The number of carboxylic acid groups (broad SMARTS) is 1. The summed E-state index contributed by atoms with van der Waals surface area (Å²) < 4.78 is 11.7. The van der Waals surface area contributed by atoms with Gasteiger partial charge in [0.1, 0.15) is 5.75 Å². The van der Waals surface area contributed by atoms with Gasteiger partial charge in [0.25, 0.3) is 0 Å². The van der Waals surface area contributed by atoms with Crippen LogP contribution in [0.5, 0.6) is 5.75 Å². The minimum absolute atomic E-state index is 0.234. The minimum atomic E-state index is -0.896. The Balaban J connectivity index is 1.69. The van der Waals surface area contributed by atoms with Crippen molar-refractivity contribution in [3.8, 4) is 5.75 Å². The van der Waals surface area contributed by atoms with Crippen molar-refractivity contribution in [1.29, 1.82) is 0 Å². The monoisotopic (exact) mass is 439 g/mol. The van der Waals surface area contributed by atoms with Gasteiger partial charge in [0.15, 0.2) is 0 Å². The summed E-state index contributed by atoms with van der Waals surface area (Å²) in [4.78, 5) is 15.8. The fourth-order valence-electron chi connectivity index (χ4n) is 4.63. The number of hydrogen-bond donors (Lipinski definition) is 2. The third-order valence-corrected chi connectivity index (χ3v) is 7.70. The molecule has 3 atom stereocenters. The average Bonchev–Trinajstić information content (AvgIpc) is 3.27. The Morgan fingerprint density at radius 1 is 1.23 bits per heavy atom. The molecule has 0 bridgehead atoms. The van der Waals surface area contributed by atoms with Crippen LogP contribution >= 0.6 is 11.8 Å². The van der Waals surface area contributed by atoms with Gasteiger partial charge >= 0.3 is 5.97 Å². The molecule has 5 nitrogen and oxygen atoms in total. The van der Waals surface area contributed by atoms with Gasteiger partial charge in [-0.2, -0.15) is 0 Å². The van der Waals surface area contributed by atoms with Gasteiger partial charge in [-0.15, -0.1) is 11.8 Å². The Morgan fingerprint density at radius 2 is 2.00 bits per heavy atom. The van der Waals surface area contributed by atoms with Crippen LogP contribution < -0.4 is 4.74 Å². The van der Waals surface area contributed by atoms with Gasteiger partial charge in [-0.1, -0.05) is 12.1 Å². The zero-order valence-electron chi connectivity index (χ0n) is 18.2. The highest BCUT2D eigenvalue weighted by Crippen LogP contribution is 2.48. The molecule has 4 rings (SSSR count). The fraction of sp³-hybridized carbons (Fsp3) is 0.400. The number of carbonyl (C=O) groups is 1. The van der Waals surface area contributed by atoms with Gasteiger partial charge in [-0.25, -0.2) is 4.79 Å². The summed E-state index contributed by atoms with van der Waals surface area (Å²) in [6.07, 6.45) is 5.21. The minimum Gasteiger partial charge on any atom is -0.496 e. The number of aryl methyl sites for hydroxylation is 1. The van der Waals surface area contributed by atoms with Crippen molar-refractivity contribution in [2.24, 2.45) is 0 Å². The summed E-state index contributed by atoms with van der Waals surface area (Å²) in [5.74, 6) is 0.284. The molecule has 0 spiro atoms. The predicted octanol–water partition coefficient (Wildman–Crippen LogP) is 6.02. The summed E-state index contributed by atoms with van der Waals surface area (Å²) in [5.41, 5.74) is 3.80. The molecule has 31 heavy (non-hydrogen) atoms. The van der Waals surface area contributed by atoms with E-state index < -0.39 is 5.97 Å². The Bertz CT molecular complexity index is 1060. The summed E-state index contributed by atoms with van der Waals surface area (Å²) in [6, 6.07) is 11.6. The summed E-state index contributed by atoms with van der Waals surface area (Å²) in [7, 11) is 1.73. The lowest BCUT2D eigenvalue weighted by molar-refractivity contribution is 0.0321. The van der Waals surface area contributed by atoms with Crippen molar-refractivity contribution in [3.05, 3.63) is 59.3 Å². The number of ether oxygens (including phenoxy) is 2. The van der Waals surface area contributed by atoms with Crippen LogP contribution in [0.1, 0.15) is 53.6 Å². The van der Waals surface area contributed by atoms with E-state index in [9.17, 15) is 9.90 Å². The van der Waals surface area contributed by atoms with Crippen molar-refractivity contribution in [1.82, 2.24) is 4.98 Å². The number of methoxy groups -OCH3 is 1. The van der Waals surface area contributed by atoms with Crippen molar-refractivity contribution < 1.29 is 19.4 Å². The zero-order chi connectivity index (χ0) is 22.0. The lowest BCUT2D eigenvalue weighted by atomic mass is 9.81. The third kappa shape index (κ3) is 4.46. The first-order valence-corrected chi connectivity index (χ1v) is 11.7. The summed E-state index contributed by atoms with van der Waals surface area (Å²) in [5, 5.41) is 10.8. The maximum absolute atomic E-state index is 11.3. The second kappa shape index (κ2) is 9.37. The van der Waals surface area contributed by atoms with Gasteiger partial charge in [0.05, 0.1) is 23.7 Å². The molecule has 1 aliphatic rings. The molecule has 0 saturated heterocycles. The number of carboxylic acids is 1. The lowest BCUT2D eigenvalue weighted by Gasteiger charge is -2.36. The van der Waals surface area contributed by atoms with E-state index >= 15 is 0 Å². The van der Waals surface area contributed by atoms with Crippen LogP contribution in [0.25, 0.3) is 10.9 Å². The molecule has 1 heterocycles. The molecule has 1 fully saturated rings. The van der Waals surface area contributed by atoms with Gasteiger partial charge in [0.2, 0.25) is 0 Å². The zero-order valence-corrected chi connectivity index (χ0v) is 19.0. The van der Waals surface area contributed by atoms with E-state index in [-0.39, 0.29) is 12.0 Å². The number of rotatable bonds is 7. The van der Waals surface area contributed by atoms with Gasteiger partial charge < -0.3 is 19.6 Å². The molecule has 164 valence electrons. The number of aromatic carboxylic acids is 1. The molecule has 1 saturated carbocycles. The normalized spacial score (nSPS) is 21.3. The van der Waals surface area contributed by atoms with Crippen LogP contribution in [-0.4, -0.2) is 41.1 Å². The Kier molecular flexibility index (Phi) is 6.58. The molecular formula is C25H29NO4S. The Labute approximate surface area is 187 Å². The first kappa shape index (κ1) is 21.8. The number of benzene rings is 2. The van der Waals surface area contributed by atoms with Gasteiger partial charge in [0, 0.05) is 29.0 Å². The van der Waals surface area contributed by atoms with Crippen LogP contribution in [0.15, 0.2) is 47.5 Å². The SMILES string of the molecule is CCO[C@H]1CC[C@H](Sc2c(OC)cc(C)c3[nH]ccc23)[C@@H](c2ccc(C(=O)O)cc2)C1. The van der Waals surface area contributed by atoms with E-state index in [2.05, 4.69) is 24.0 Å². The number of thioether (sulfide) groups is 1. The quantitative estimate of drug-likeness (QED) is 0.471. The van der Waals surface area contributed by atoms with Crippen molar-refractivity contribution in [2.75, 3.05) is 13.7 Å². The molecule has 1 aromatic heterocycles. The molecule has 0 unspecified atom stereocenters. The predicted molar refractivity (Wildman–Crippen MR) is 125 cm³/mol. The number of fused-ring (bicyclic) bond motifs is 1. The third-order valence-electron chi connectivity index (χ3n) is 6.17. The van der Waals surface area contributed by atoms with Crippen molar-refractivity contribution >= 4 is 28.6 Å². The lowest BCUT2D eigenvalue weighted by Crippen LogP contribution is -2.30.